The second-order valence-electron chi connectivity index (χ2n) is 0.912. The Morgan fingerprint density at radius 2 is 2.12 bits per heavy atom. The van der Waals surface area contributed by atoms with E-state index in [2.05, 4.69) is 17.8 Å². The fraction of sp³-hybridized carbons (Fsp3) is 0.167. The Labute approximate surface area is 47.5 Å². The number of hydrogen-bond donors (Lipinski definition) is 0. The van der Waals surface area contributed by atoms with Gasteiger partial charge >= 0.3 is 0 Å². The van der Waals surface area contributed by atoms with Gasteiger partial charge in [-0.05, 0) is 24.7 Å². The fourth-order valence-electron chi connectivity index (χ4n) is 0.145. The highest BCUT2D eigenvalue weighted by Gasteiger charge is 1.61. The molecule has 8 heavy (non-hydrogen) atoms. The summed E-state index contributed by atoms with van der Waals surface area (Å²) in [5.74, 6) is 7.05. The zero-order valence-electron chi connectivity index (χ0n) is 4.32. The Morgan fingerprint density at radius 1 is 1.50 bits per heavy atom. The van der Waals surface area contributed by atoms with Crippen molar-refractivity contribution in [3.63, 3.8) is 0 Å². The molecule has 0 saturated carbocycles. The minimum Gasteiger partial charge on any atom is -0.537 e. The summed E-state index contributed by atoms with van der Waals surface area (Å²) in [6.07, 6.45) is 0. The van der Waals surface area contributed by atoms with Crippen LogP contribution in [0.25, 0.3) is 0 Å². The predicted molar refractivity (Wildman–Crippen MR) is 26.2 cm³/mol. The molecule has 0 N–H and O–H groups in total. The highest BCUT2D eigenvalue weighted by molar-refractivity contribution is 5.85. The lowest BCUT2D eigenvalue weighted by Gasteiger charge is -1.78. The van der Waals surface area contributed by atoms with Crippen LogP contribution in [-0.2, 0) is 4.79 Å². The molecule has 0 aromatic carbocycles. The van der Waals surface area contributed by atoms with E-state index in [1.54, 1.807) is 12.8 Å². The van der Waals surface area contributed by atoms with Gasteiger partial charge in [0.2, 0.25) is 0 Å². The van der Waals surface area contributed by atoms with Gasteiger partial charge < -0.3 is 9.90 Å². The molecule has 0 aliphatic rings. The first-order chi connectivity index (χ1) is 3.77. The summed E-state index contributed by atoms with van der Waals surface area (Å²) in [5.41, 5.74) is 0. The van der Waals surface area contributed by atoms with E-state index in [0.29, 0.717) is 0 Å². The lowest BCUT2D eigenvalue weighted by Crippen LogP contribution is -2.19. The van der Waals surface area contributed by atoms with Crippen LogP contribution in [0, 0.1) is 23.7 Å². The first-order valence-electron chi connectivity index (χ1n) is 1.91. The van der Waals surface area contributed by atoms with E-state index in [9.17, 15) is 9.90 Å². The maximum absolute atomic E-state index is 9.52. The highest BCUT2D eigenvalue weighted by atomic mass is 16.4. The predicted octanol–water partition coefficient (Wildman–Crippen LogP) is -1.24. The molecular weight excluding hydrogens is 104 g/mol. The molecule has 0 fully saturated rings. The summed E-state index contributed by atoms with van der Waals surface area (Å²) in [7, 11) is 0. The van der Waals surface area contributed by atoms with Gasteiger partial charge in [0.1, 0.15) is 5.97 Å². The van der Waals surface area contributed by atoms with E-state index in [0.717, 1.165) is 0 Å². The van der Waals surface area contributed by atoms with Crippen LogP contribution in [0.1, 0.15) is 6.92 Å². The quantitative estimate of drug-likeness (QED) is 0.363. The maximum Gasteiger partial charge on any atom is 0.117 e. The smallest absolute Gasteiger partial charge is 0.117 e. The average Bonchev–Trinajstić information content (AvgIpc) is 1.66. The Morgan fingerprint density at radius 3 is 2.50 bits per heavy atom. The summed E-state index contributed by atoms with van der Waals surface area (Å²) >= 11 is 0. The minimum atomic E-state index is -1.40. The molecule has 0 unspecified atom stereocenters. The van der Waals surface area contributed by atoms with Crippen LogP contribution >= 0.6 is 0 Å². The Bertz CT molecular complexity index is 194. The van der Waals surface area contributed by atoms with Crippen LogP contribution in [0.3, 0.4) is 0 Å². The van der Waals surface area contributed by atoms with Gasteiger partial charge in [-0.1, -0.05) is 5.92 Å². The molecule has 2 nitrogen and oxygen atoms in total. The van der Waals surface area contributed by atoms with Crippen LogP contribution in [0.4, 0.5) is 0 Å². The molecule has 0 amide bonds. The summed E-state index contributed by atoms with van der Waals surface area (Å²) in [6.45, 7) is 1.57. The molecule has 0 bridgehead atoms. The molecule has 0 radical (unpaired) electrons. The summed E-state index contributed by atoms with van der Waals surface area (Å²) in [5, 5.41) is 9.52. The van der Waals surface area contributed by atoms with Gasteiger partial charge in [-0.25, -0.2) is 0 Å². The molecule has 0 atom stereocenters. The van der Waals surface area contributed by atoms with Crippen LogP contribution in [-0.4, -0.2) is 5.97 Å². The Balaban J connectivity index is 3.81. The van der Waals surface area contributed by atoms with Gasteiger partial charge in [0.05, 0.1) is 0 Å². The third-order valence-electron chi connectivity index (χ3n) is 0.352. The third-order valence-corrected chi connectivity index (χ3v) is 0.352. The normalized spacial score (nSPS) is 5.12. The van der Waals surface area contributed by atoms with Crippen molar-refractivity contribution < 1.29 is 9.90 Å². The summed E-state index contributed by atoms with van der Waals surface area (Å²) < 4.78 is 0. The van der Waals surface area contributed by atoms with E-state index in [4.69, 9.17) is 0 Å². The molecule has 0 rings (SSSR count). The van der Waals surface area contributed by atoms with Gasteiger partial charge in [0, 0.05) is 0 Å². The SMILES string of the molecule is CC#CC#CC(=O)[O-]. The number of carbonyl (C=O) groups is 1. The van der Waals surface area contributed by atoms with E-state index in [-0.39, 0.29) is 0 Å². The van der Waals surface area contributed by atoms with Crippen molar-refractivity contribution in [2.24, 2.45) is 0 Å². The fourth-order valence-corrected chi connectivity index (χ4v) is 0.145. The molecule has 0 aromatic heterocycles. The largest absolute Gasteiger partial charge is 0.537 e. The number of carboxylic acid groups (broad SMARTS) is 1. The second kappa shape index (κ2) is 3.77. The molecule has 0 heterocycles. The first kappa shape index (κ1) is 6.59. The lowest BCUT2D eigenvalue weighted by molar-refractivity contribution is -0.295. The molecule has 0 aliphatic heterocycles. The van der Waals surface area contributed by atoms with E-state index in [1.165, 1.54) is 0 Å². The van der Waals surface area contributed by atoms with Gasteiger partial charge in [0.25, 0.3) is 0 Å². The second-order valence-corrected chi connectivity index (χ2v) is 0.912. The molecule has 0 spiro atoms. The topological polar surface area (TPSA) is 40.1 Å². The highest BCUT2D eigenvalue weighted by Crippen LogP contribution is 1.50. The van der Waals surface area contributed by atoms with Gasteiger partial charge in [-0.15, -0.1) is 0 Å². The lowest BCUT2D eigenvalue weighted by atomic mass is 10.5. The number of aliphatic carboxylic acids is 1. The number of carbonyl (C=O) groups excluding carboxylic acids is 1. The van der Waals surface area contributed by atoms with Gasteiger partial charge in [-0.2, -0.15) is 0 Å². The summed E-state index contributed by atoms with van der Waals surface area (Å²) in [4.78, 5) is 9.52. The van der Waals surface area contributed by atoms with Crippen molar-refractivity contribution in [2.45, 2.75) is 6.92 Å². The van der Waals surface area contributed by atoms with Gasteiger partial charge in [-0.3, -0.25) is 0 Å². The molecule has 0 saturated heterocycles. The first-order valence-corrected chi connectivity index (χ1v) is 1.91. The third kappa shape index (κ3) is 4.59. The van der Waals surface area contributed by atoms with Crippen molar-refractivity contribution >= 4 is 5.97 Å². The molecule has 2 heteroatoms. The molecule has 0 aromatic rings. The van der Waals surface area contributed by atoms with E-state index >= 15 is 0 Å². The summed E-state index contributed by atoms with van der Waals surface area (Å²) in [6, 6.07) is 0. The zero-order valence-corrected chi connectivity index (χ0v) is 4.32. The van der Waals surface area contributed by atoms with Crippen molar-refractivity contribution in [2.75, 3.05) is 0 Å². The molecular formula is C6H3O2-. The van der Waals surface area contributed by atoms with Crippen LogP contribution in [0.5, 0.6) is 0 Å². The van der Waals surface area contributed by atoms with Crippen LogP contribution < -0.4 is 5.11 Å². The molecule has 0 aliphatic carbocycles. The number of hydrogen-bond acceptors (Lipinski definition) is 2. The van der Waals surface area contributed by atoms with Crippen molar-refractivity contribution in [3.8, 4) is 23.7 Å². The standard InChI is InChI=1S/C6H4O2/c1-2-3-4-5-6(7)8/h1H3,(H,7,8)/p-1. The Kier molecular flexibility index (Phi) is 3.10. The van der Waals surface area contributed by atoms with Crippen molar-refractivity contribution in [3.05, 3.63) is 0 Å². The zero-order chi connectivity index (χ0) is 6.41. The van der Waals surface area contributed by atoms with E-state index in [1.807, 2.05) is 0 Å². The van der Waals surface area contributed by atoms with Crippen LogP contribution in [0.15, 0.2) is 0 Å². The van der Waals surface area contributed by atoms with Gasteiger partial charge in [0.15, 0.2) is 0 Å². The Hall–Kier alpha value is -1.41. The minimum absolute atomic E-state index is 1.40. The van der Waals surface area contributed by atoms with Crippen molar-refractivity contribution in [1.82, 2.24) is 0 Å². The monoisotopic (exact) mass is 107 g/mol. The van der Waals surface area contributed by atoms with E-state index < -0.39 is 5.97 Å². The van der Waals surface area contributed by atoms with Crippen molar-refractivity contribution in [1.29, 1.82) is 0 Å². The average molecular weight is 107 g/mol. The number of carboxylic acids is 1. The number of rotatable bonds is 0. The molecule has 40 valence electrons. The maximum atomic E-state index is 9.52. The van der Waals surface area contributed by atoms with Crippen LogP contribution in [0.2, 0.25) is 0 Å².